The molecule has 0 aliphatic heterocycles. The molecule has 0 aromatic rings. The lowest BCUT2D eigenvalue weighted by atomic mass is 9.43. The average Bonchev–Trinajstić information content (AvgIpc) is 2.43. The molecular formula is C22H36O4. The minimum absolute atomic E-state index is 0.0381. The van der Waals surface area contributed by atoms with Gasteiger partial charge in [0.1, 0.15) is 23.1 Å². The third-order valence-corrected chi connectivity index (χ3v) is 5.50. The lowest BCUT2D eigenvalue weighted by Crippen LogP contribution is -2.66. The van der Waals surface area contributed by atoms with Gasteiger partial charge in [-0.3, -0.25) is 19.2 Å². The predicted molar refractivity (Wildman–Crippen MR) is 103 cm³/mol. The van der Waals surface area contributed by atoms with Gasteiger partial charge in [-0.1, -0.05) is 69.2 Å². The molecule has 1 saturated carbocycles. The number of rotatable bonds is 6. The first-order chi connectivity index (χ1) is 11.5. The van der Waals surface area contributed by atoms with Crippen LogP contribution in [-0.2, 0) is 19.2 Å². The van der Waals surface area contributed by atoms with Crippen LogP contribution in [0.3, 0.4) is 0 Å². The predicted octanol–water partition coefficient (Wildman–Crippen LogP) is 4.29. The van der Waals surface area contributed by atoms with Crippen LogP contribution in [-0.4, -0.2) is 23.1 Å². The minimum Gasteiger partial charge on any atom is -0.299 e. The van der Waals surface area contributed by atoms with Crippen LogP contribution in [0.2, 0.25) is 0 Å². The van der Waals surface area contributed by atoms with Crippen molar-refractivity contribution in [2.75, 3.05) is 0 Å². The quantitative estimate of drug-likeness (QED) is 0.659. The van der Waals surface area contributed by atoms with E-state index in [1.165, 1.54) is 0 Å². The van der Waals surface area contributed by atoms with Gasteiger partial charge in [0.05, 0.1) is 5.41 Å². The van der Waals surface area contributed by atoms with Crippen molar-refractivity contribution >= 4 is 23.1 Å². The highest BCUT2D eigenvalue weighted by Crippen LogP contribution is 2.58. The molecular weight excluding hydrogens is 328 g/mol. The highest BCUT2D eigenvalue weighted by molar-refractivity contribution is 6.16. The molecule has 2 unspecified atom stereocenters. The average molecular weight is 365 g/mol. The van der Waals surface area contributed by atoms with Crippen LogP contribution in [0.15, 0.2) is 0 Å². The van der Waals surface area contributed by atoms with E-state index in [9.17, 15) is 19.2 Å². The van der Waals surface area contributed by atoms with E-state index in [1.807, 2.05) is 20.8 Å². The summed E-state index contributed by atoms with van der Waals surface area (Å²) in [6, 6.07) is 0. The number of ketones is 4. The Bertz CT molecular complexity index is 591. The molecule has 0 bridgehead atoms. The zero-order valence-electron chi connectivity index (χ0n) is 18.1. The molecule has 2 atom stereocenters. The highest BCUT2D eigenvalue weighted by Gasteiger charge is 2.68. The fraction of sp³-hybridized carbons (Fsp3) is 0.818. The van der Waals surface area contributed by atoms with E-state index in [-0.39, 0.29) is 41.4 Å². The van der Waals surface area contributed by atoms with E-state index in [2.05, 4.69) is 0 Å². The van der Waals surface area contributed by atoms with Crippen LogP contribution in [0.1, 0.15) is 75.7 Å². The Morgan fingerprint density at radius 1 is 0.731 bits per heavy atom. The van der Waals surface area contributed by atoms with Crippen molar-refractivity contribution in [2.24, 2.45) is 39.9 Å². The van der Waals surface area contributed by atoms with Crippen LogP contribution in [0, 0.1) is 39.9 Å². The Balaban J connectivity index is 3.59. The Kier molecular flexibility index (Phi) is 6.13. The van der Waals surface area contributed by atoms with Gasteiger partial charge >= 0.3 is 0 Å². The normalized spacial score (nSPS) is 22.9. The second-order valence-electron chi connectivity index (χ2n) is 10.5. The molecule has 1 aliphatic rings. The summed E-state index contributed by atoms with van der Waals surface area (Å²) < 4.78 is 0. The number of Topliss-reactive ketones (excluding diaryl/α,β-unsaturated/α-hetero) is 4. The Labute approximate surface area is 158 Å². The summed E-state index contributed by atoms with van der Waals surface area (Å²) in [5.74, 6) is -2.73. The van der Waals surface area contributed by atoms with Crippen LogP contribution < -0.4 is 0 Å². The summed E-state index contributed by atoms with van der Waals surface area (Å²) in [4.78, 5) is 52.6. The molecule has 0 amide bonds. The fourth-order valence-corrected chi connectivity index (χ4v) is 4.11. The van der Waals surface area contributed by atoms with Gasteiger partial charge in [-0.05, 0) is 6.42 Å². The maximum Gasteiger partial charge on any atom is 0.149 e. The standard InChI is InChI=1S/C22H36O4/c1-12(2)16(23)22(17(24)13(3)4)11-14(18(25)20(5,6)7)15(22)19(26)21(8,9)10/h12-15H,11H2,1-10H3. The third kappa shape index (κ3) is 3.70. The Hall–Kier alpha value is -1.32. The Morgan fingerprint density at radius 3 is 1.35 bits per heavy atom. The van der Waals surface area contributed by atoms with Crippen molar-refractivity contribution in [3.8, 4) is 0 Å². The molecule has 0 spiro atoms. The summed E-state index contributed by atoms with van der Waals surface area (Å²) in [5, 5.41) is 0. The van der Waals surface area contributed by atoms with Gasteiger partial charge < -0.3 is 0 Å². The van der Waals surface area contributed by atoms with E-state index in [0.29, 0.717) is 0 Å². The first kappa shape index (κ1) is 22.7. The zero-order valence-corrected chi connectivity index (χ0v) is 18.1. The van der Waals surface area contributed by atoms with Gasteiger partial charge in [-0.15, -0.1) is 0 Å². The molecule has 0 N–H and O–H groups in total. The molecule has 26 heavy (non-hydrogen) atoms. The van der Waals surface area contributed by atoms with Gasteiger partial charge in [-0.25, -0.2) is 0 Å². The van der Waals surface area contributed by atoms with E-state index in [4.69, 9.17) is 0 Å². The van der Waals surface area contributed by atoms with Gasteiger partial charge in [0.2, 0.25) is 0 Å². The summed E-state index contributed by atoms with van der Waals surface area (Å²) in [7, 11) is 0. The largest absolute Gasteiger partial charge is 0.299 e. The number of carbonyl (C=O) groups is 4. The maximum atomic E-state index is 13.3. The van der Waals surface area contributed by atoms with Crippen molar-refractivity contribution < 1.29 is 19.2 Å². The lowest BCUT2D eigenvalue weighted by Gasteiger charge is -2.55. The first-order valence-electron chi connectivity index (χ1n) is 9.66. The zero-order chi connectivity index (χ0) is 20.8. The van der Waals surface area contributed by atoms with Crippen molar-refractivity contribution in [3.05, 3.63) is 0 Å². The number of hydrogen-bond donors (Lipinski definition) is 0. The van der Waals surface area contributed by atoms with Crippen molar-refractivity contribution in [2.45, 2.75) is 75.7 Å². The van der Waals surface area contributed by atoms with Crippen LogP contribution in [0.25, 0.3) is 0 Å². The number of hydrogen-bond acceptors (Lipinski definition) is 4. The number of carbonyl (C=O) groups excluding carboxylic acids is 4. The molecule has 4 heteroatoms. The molecule has 1 rings (SSSR count). The van der Waals surface area contributed by atoms with Gasteiger partial charge in [0, 0.05) is 34.5 Å². The van der Waals surface area contributed by atoms with E-state index < -0.39 is 28.1 Å². The highest BCUT2D eigenvalue weighted by atomic mass is 16.2. The van der Waals surface area contributed by atoms with Gasteiger partial charge in [0.15, 0.2) is 0 Å². The first-order valence-corrected chi connectivity index (χ1v) is 9.66. The SMILES string of the molecule is CC(C)C(=O)C1(C(=O)C(C)C)CC(C(=O)C(C)(C)C)C1C(=O)C(C)(C)C. The summed E-state index contributed by atoms with van der Waals surface area (Å²) in [6.45, 7) is 17.9. The monoisotopic (exact) mass is 364 g/mol. The van der Waals surface area contributed by atoms with Crippen LogP contribution in [0.4, 0.5) is 0 Å². The second-order valence-corrected chi connectivity index (χ2v) is 10.5. The fourth-order valence-electron chi connectivity index (χ4n) is 4.11. The third-order valence-electron chi connectivity index (χ3n) is 5.50. The molecule has 0 aromatic heterocycles. The summed E-state index contributed by atoms with van der Waals surface area (Å²) in [5.41, 5.74) is -2.69. The maximum absolute atomic E-state index is 13.3. The van der Waals surface area contributed by atoms with Gasteiger partial charge in [0.25, 0.3) is 0 Å². The van der Waals surface area contributed by atoms with E-state index in [1.54, 1.807) is 48.5 Å². The van der Waals surface area contributed by atoms with E-state index in [0.717, 1.165) is 0 Å². The second kappa shape index (κ2) is 7.01. The summed E-state index contributed by atoms with van der Waals surface area (Å²) in [6.07, 6.45) is 0.170. The van der Waals surface area contributed by atoms with Crippen molar-refractivity contribution in [1.29, 1.82) is 0 Å². The minimum atomic E-state index is -1.35. The summed E-state index contributed by atoms with van der Waals surface area (Å²) >= 11 is 0. The lowest BCUT2D eigenvalue weighted by molar-refractivity contribution is -0.177. The molecule has 0 aromatic carbocycles. The van der Waals surface area contributed by atoms with Crippen molar-refractivity contribution in [3.63, 3.8) is 0 Å². The van der Waals surface area contributed by atoms with Crippen LogP contribution in [0.5, 0.6) is 0 Å². The topological polar surface area (TPSA) is 68.3 Å². The molecule has 1 fully saturated rings. The van der Waals surface area contributed by atoms with Gasteiger partial charge in [-0.2, -0.15) is 0 Å². The molecule has 0 saturated heterocycles. The molecule has 148 valence electrons. The molecule has 1 aliphatic carbocycles. The van der Waals surface area contributed by atoms with Crippen LogP contribution >= 0.6 is 0 Å². The molecule has 4 nitrogen and oxygen atoms in total. The molecule has 0 radical (unpaired) electrons. The van der Waals surface area contributed by atoms with E-state index >= 15 is 0 Å². The Morgan fingerprint density at radius 2 is 1.08 bits per heavy atom. The molecule has 0 heterocycles. The van der Waals surface area contributed by atoms with Crippen molar-refractivity contribution in [1.82, 2.24) is 0 Å². The smallest absolute Gasteiger partial charge is 0.149 e.